The van der Waals surface area contributed by atoms with Gasteiger partial charge in [-0.1, -0.05) is 58.2 Å². The summed E-state index contributed by atoms with van der Waals surface area (Å²) in [4.78, 5) is 68.8. The van der Waals surface area contributed by atoms with Gasteiger partial charge in [0.15, 0.2) is 5.43 Å². The molecule has 3 amide bonds. The van der Waals surface area contributed by atoms with Crippen LogP contribution in [0.1, 0.15) is 67.3 Å². The summed E-state index contributed by atoms with van der Waals surface area (Å²) in [6.45, 7) is 0.554. The Morgan fingerprint density at radius 2 is 1.52 bits per heavy atom. The van der Waals surface area contributed by atoms with Gasteiger partial charge in [0.1, 0.15) is 29.4 Å². The number of carbonyl (C=O) groups excluding carboxylic acids is 3. The zero-order valence-electron chi connectivity index (χ0n) is 40.3. The average molecular weight is 1010 g/mol. The second-order valence-electron chi connectivity index (χ2n) is 17.4. The van der Waals surface area contributed by atoms with E-state index in [1.807, 2.05) is 11.8 Å². The van der Waals surface area contributed by atoms with Crippen LogP contribution in [0.5, 0.6) is 5.75 Å². The number of Topliss-reactive ketones (excluding diaryl/α,β-unsaturated/α-hetero) is 1. The van der Waals surface area contributed by atoms with Crippen LogP contribution in [0.2, 0.25) is 0 Å². The molecule has 4 aromatic rings. The first kappa shape index (κ1) is 53.9. The number of urea groups is 1. The molecular formula is C51H55N13O8S. The molecule has 0 bridgehead atoms. The molecule has 5 N–H and O–H groups in total. The molecule has 8 rings (SSSR count). The van der Waals surface area contributed by atoms with Crippen molar-refractivity contribution in [3.8, 4) is 28.2 Å². The summed E-state index contributed by atoms with van der Waals surface area (Å²) in [6, 6.07) is 26.3. The van der Waals surface area contributed by atoms with Crippen LogP contribution in [0, 0.1) is 0 Å². The lowest BCUT2D eigenvalue weighted by Gasteiger charge is -2.17. The van der Waals surface area contributed by atoms with Crippen molar-refractivity contribution in [2.75, 3.05) is 49.7 Å². The lowest BCUT2D eigenvalue weighted by Crippen LogP contribution is -2.36. The monoisotopic (exact) mass is 1010 g/mol. The number of amides is 3. The number of nitrogens with one attached hydrogen (secondary N) is 3. The van der Waals surface area contributed by atoms with Gasteiger partial charge in [-0.25, -0.2) is 9.59 Å². The number of phenols is 1. The molecule has 3 atom stereocenters. The smallest absolute Gasteiger partial charge is 0.336 e. The second kappa shape index (κ2) is 26.7. The Balaban J connectivity index is 0.000000186. The van der Waals surface area contributed by atoms with Crippen LogP contribution >= 0.6 is 11.8 Å². The Hall–Kier alpha value is -8.41. The number of aryl methyl sites for hydroxylation is 1. The zero-order chi connectivity index (χ0) is 52.3. The SMILES string of the molecule is CN(C)c1cccc2c(CCCCN=[N+]=[N-])cccc12.[N-]=[N+]=NCC(=O)Nc1ccc(-c2c3ccc(=O)cc-3oc3cc(O)ccc23)c(C(=O)O)c1.[N-]=[N+]=NCCCC(=O)CCCCC1SCC2NC(=O)NC21. The number of carboxylic acids is 1. The van der Waals surface area contributed by atoms with Crippen LogP contribution in [-0.2, 0) is 16.0 Å². The summed E-state index contributed by atoms with van der Waals surface area (Å²) in [7, 11) is 4.14. The molecule has 2 fully saturated rings. The van der Waals surface area contributed by atoms with Crippen molar-refractivity contribution < 1.29 is 33.8 Å². The summed E-state index contributed by atoms with van der Waals surface area (Å²) >= 11 is 1.91. The molecular weight excluding hydrogens is 955 g/mol. The Morgan fingerprint density at radius 3 is 2.27 bits per heavy atom. The summed E-state index contributed by atoms with van der Waals surface area (Å²) in [5.41, 5.74) is 28.7. The fourth-order valence-corrected chi connectivity index (χ4v) is 10.3. The highest BCUT2D eigenvalue weighted by atomic mass is 32.2. The lowest BCUT2D eigenvalue weighted by atomic mass is 9.90. The number of thioether (sulfide) groups is 1. The standard InChI is InChI=1S/C22H14N4O6.C16H20N4.C13H21N5O2S/c23-26-24-10-20(29)25-11-1-4-14(17(7-11)22(30)31)21-15-5-2-12(27)8-18(15)32-19-9-13(28)3-6-16(19)21;1-20(2)16-11-6-9-14-13(8-5-10-15(14)16)7-3-4-12-18-19-17;14-18-15-7-3-5-9(19)4-1-2-6-11-12-10(8-21-11)16-13(20)17-12/h1-9,27H,10H2,(H,25,29)(H,30,31);5-6,8-11H,3-4,7,12H2,1-2H3;10-12H,1-8H2,(H2,16,17,20). The minimum atomic E-state index is -1.24. The van der Waals surface area contributed by atoms with Crippen molar-refractivity contribution in [2.24, 2.45) is 15.3 Å². The number of aromatic carboxylic acids is 1. The average Bonchev–Trinajstić information content (AvgIpc) is 3.94. The van der Waals surface area contributed by atoms with Gasteiger partial charge in [-0.05, 0) is 114 Å². The van der Waals surface area contributed by atoms with Gasteiger partial charge < -0.3 is 35.5 Å². The van der Waals surface area contributed by atoms with Crippen LogP contribution < -0.4 is 26.3 Å². The number of azide groups is 3. The van der Waals surface area contributed by atoms with Crippen molar-refractivity contribution in [1.29, 1.82) is 0 Å². The Bertz CT molecular complexity index is 3150. The van der Waals surface area contributed by atoms with Gasteiger partial charge >= 0.3 is 12.0 Å². The van der Waals surface area contributed by atoms with E-state index < -0.39 is 18.4 Å². The summed E-state index contributed by atoms with van der Waals surface area (Å²) < 4.78 is 5.78. The molecule has 3 unspecified atom stereocenters. The molecule has 378 valence electrons. The predicted molar refractivity (Wildman–Crippen MR) is 283 cm³/mol. The molecule has 22 heteroatoms. The van der Waals surface area contributed by atoms with Gasteiger partial charge in [0.25, 0.3) is 0 Å². The highest BCUT2D eigenvalue weighted by Crippen LogP contribution is 2.42. The Kier molecular flexibility index (Phi) is 19.7. The number of carbonyl (C=O) groups is 4. The third-order valence-electron chi connectivity index (χ3n) is 12.2. The van der Waals surface area contributed by atoms with E-state index in [0.717, 1.165) is 44.3 Å². The number of unbranched alkanes of at least 4 members (excludes halogenated alkanes) is 2. The molecule has 0 spiro atoms. The zero-order valence-corrected chi connectivity index (χ0v) is 41.1. The summed E-state index contributed by atoms with van der Waals surface area (Å²) in [6.07, 6.45) is 7.71. The molecule has 0 saturated carbocycles. The van der Waals surface area contributed by atoms with Gasteiger partial charge in [0, 0.05) is 111 Å². The summed E-state index contributed by atoms with van der Waals surface area (Å²) in [5.74, 6) is -0.440. The molecule has 73 heavy (non-hydrogen) atoms. The van der Waals surface area contributed by atoms with Crippen molar-refractivity contribution in [3.05, 3.63) is 144 Å². The molecule has 0 radical (unpaired) electrons. The first-order valence-corrected chi connectivity index (χ1v) is 24.6. The van der Waals surface area contributed by atoms with E-state index in [0.29, 0.717) is 59.7 Å². The summed E-state index contributed by atoms with van der Waals surface area (Å²) in [5, 5.41) is 41.9. The molecule has 4 aromatic carbocycles. The van der Waals surface area contributed by atoms with Crippen LogP contribution in [0.3, 0.4) is 0 Å². The fourth-order valence-electron chi connectivity index (χ4n) is 8.80. The van der Waals surface area contributed by atoms with Crippen LogP contribution in [-0.4, -0.2) is 90.7 Å². The maximum Gasteiger partial charge on any atom is 0.336 e. The van der Waals surface area contributed by atoms with Crippen LogP contribution in [0.4, 0.5) is 16.2 Å². The molecule has 0 aromatic heterocycles. The normalized spacial score (nSPS) is 15.2. The maximum atomic E-state index is 12.1. The third kappa shape index (κ3) is 14.8. The maximum absolute atomic E-state index is 12.1. The lowest BCUT2D eigenvalue weighted by molar-refractivity contribution is -0.119. The first-order chi connectivity index (χ1) is 35.3. The van der Waals surface area contributed by atoms with E-state index in [2.05, 4.69) is 101 Å². The Morgan fingerprint density at radius 1 is 0.795 bits per heavy atom. The van der Waals surface area contributed by atoms with Crippen molar-refractivity contribution in [1.82, 2.24) is 10.6 Å². The minimum Gasteiger partial charge on any atom is -0.508 e. The third-order valence-corrected chi connectivity index (χ3v) is 13.7. The molecule has 1 aliphatic carbocycles. The highest BCUT2D eigenvalue weighted by Gasteiger charge is 2.42. The van der Waals surface area contributed by atoms with E-state index in [9.17, 15) is 34.2 Å². The van der Waals surface area contributed by atoms with E-state index in [4.69, 9.17) is 21.0 Å². The first-order valence-electron chi connectivity index (χ1n) is 23.6. The number of hydrogen-bond acceptors (Lipinski definition) is 12. The Labute approximate surface area is 423 Å². The van der Waals surface area contributed by atoms with E-state index in [1.165, 1.54) is 64.5 Å². The van der Waals surface area contributed by atoms with Gasteiger partial charge in [-0.2, -0.15) is 11.8 Å². The number of ketones is 1. The van der Waals surface area contributed by atoms with Gasteiger partial charge in [-0.15, -0.1) is 0 Å². The molecule has 2 saturated heterocycles. The fraction of sp³-hybridized carbons (Fsp3) is 0.353. The van der Waals surface area contributed by atoms with Gasteiger partial charge in [-0.3, -0.25) is 14.4 Å². The number of fused-ring (bicyclic) bond motifs is 4. The van der Waals surface area contributed by atoms with Crippen LogP contribution in [0.25, 0.3) is 75.5 Å². The highest BCUT2D eigenvalue weighted by molar-refractivity contribution is 8.00. The molecule has 4 aliphatic rings. The number of anilines is 2. The number of benzene rings is 5. The minimum absolute atomic E-state index is 0.0505. The number of phenolic OH excluding ortho intramolecular Hbond substituents is 1. The van der Waals surface area contributed by atoms with Crippen molar-refractivity contribution >= 4 is 68.6 Å². The number of nitrogens with zero attached hydrogens (tertiary/aromatic N) is 10. The predicted octanol–water partition coefficient (Wildman–Crippen LogP) is 11.1. The van der Waals surface area contributed by atoms with Crippen LogP contribution in [0.15, 0.2) is 116 Å². The van der Waals surface area contributed by atoms with E-state index in [-0.39, 0.29) is 57.7 Å². The largest absolute Gasteiger partial charge is 0.508 e. The van der Waals surface area contributed by atoms with Crippen molar-refractivity contribution in [3.63, 3.8) is 0 Å². The number of rotatable bonds is 20. The van der Waals surface area contributed by atoms with Gasteiger partial charge in [0.2, 0.25) is 5.91 Å². The number of aromatic hydroxyl groups is 1. The topological polar surface area (TPSA) is 325 Å². The number of hydrogen-bond donors (Lipinski definition) is 5. The molecule has 3 heterocycles. The van der Waals surface area contributed by atoms with Crippen molar-refractivity contribution in [2.45, 2.75) is 75.1 Å². The quantitative estimate of drug-likeness (QED) is 0.0120. The van der Waals surface area contributed by atoms with E-state index >= 15 is 0 Å². The number of carboxylic acid groups (broad SMARTS) is 1. The second-order valence-corrected chi connectivity index (χ2v) is 18.7. The molecule has 3 aliphatic heterocycles. The van der Waals surface area contributed by atoms with E-state index in [1.54, 1.807) is 12.1 Å². The molecule has 21 nitrogen and oxygen atoms in total. The van der Waals surface area contributed by atoms with Gasteiger partial charge in [0.05, 0.1) is 17.6 Å².